The van der Waals surface area contributed by atoms with Crippen LogP contribution in [0.2, 0.25) is 0 Å². The quantitative estimate of drug-likeness (QED) is 0.755. The monoisotopic (exact) mass is 261 g/mol. The molecule has 1 aliphatic heterocycles. The van der Waals surface area contributed by atoms with E-state index in [-0.39, 0.29) is 11.8 Å². The van der Waals surface area contributed by atoms with E-state index in [1.54, 1.807) is 18.2 Å². The van der Waals surface area contributed by atoms with Gasteiger partial charge in [-0.05, 0) is 43.1 Å². The van der Waals surface area contributed by atoms with E-state index in [9.17, 15) is 9.59 Å². The molecular weight excluding hydrogens is 242 g/mol. The molecule has 1 aromatic carbocycles. The van der Waals surface area contributed by atoms with Crippen molar-refractivity contribution in [3.63, 3.8) is 0 Å². The first-order valence-electron chi connectivity index (χ1n) is 6.41. The van der Waals surface area contributed by atoms with E-state index in [2.05, 4.69) is 17.6 Å². The molecule has 2 unspecified atom stereocenters. The molecule has 5 nitrogen and oxygen atoms in total. The van der Waals surface area contributed by atoms with Crippen LogP contribution in [-0.2, 0) is 4.79 Å². The van der Waals surface area contributed by atoms with Gasteiger partial charge in [-0.15, -0.1) is 0 Å². The fraction of sp³-hybridized carbons (Fsp3) is 0.429. The number of primary amides is 1. The number of hydrogen-bond acceptors (Lipinski definition) is 3. The molecule has 5 heteroatoms. The summed E-state index contributed by atoms with van der Waals surface area (Å²) in [6.07, 6.45) is 0. The van der Waals surface area contributed by atoms with E-state index in [1.165, 1.54) is 0 Å². The maximum absolute atomic E-state index is 12.2. The first-order chi connectivity index (χ1) is 8.99. The molecular formula is C14H19N3O2. The van der Waals surface area contributed by atoms with E-state index in [4.69, 9.17) is 5.73 Å². The summed E-state index contributed by atoms with van der Waals surface area (Å²) in [6.45, 7) is 5.49. The van der Waals surface area contributed by atoms with Crippen LogP contribution in [-0.4, -0.2) is 24.9 Å². The summed E-state index contributed by atoms with van der Waals surface area (Å²) >= 11 is 0. The zero-order valence-corrected chi connectivity index (χ0v) is 11.2. The van der Waals surface area contributed by atoms with Crippen LogP contribution in [0.1, 0.15) is 22.8 Å². The summed E-state index contributed by atoms with van der Waals surface area (Å²) in [7, 11) is 0. The Bertz CT molecular complexity index is 513. The van der Waals surface area contributed by atoms with Crippen LogP contribution >= 0.6 is 0 Å². The van der Waals surface area contributed by atoms with Crippen LogP contribution in [0, 0.1) is 18.8 Å². The van der Waals surface area contributed by atoms with Crippen molar-refractivity contribution >= 4 is 17.5 Å². The van der Waals surface area contributed by atoms with Gasteiger partial charge in [0.15, 0.2) is 0 Å². The normalized spacial score (nSPS) is 22.2. The van der Waals surface area contributed by atoms with Crippen LogP contribution < -0.4 is 16.4 Å². The highest BCUT2D eigenvalue weighted by molar-refractivity contribution is 5.96. The third-order valence-electron chi connectivity index (χ3n) is 3.62. The number of anilines is 1. The molecule has 1 aromatic rings. The van der Waals surface area contributed by atoms with Crippen molar-refractivity contribution in [3.05, 3.63) is 29.3 Å². The minimum Gasteiger partial charge on any atom is -0.366 e. The lowest BCUT2D eigenvalue weighted by Gasteiger charge is -2.15. The van der Waals surface area contributed by atoms with Crippen LogP contribution in [0.15, 0.2) is 18.2 Å². The van der Waals surface area contributed by atoms with E-state index in [0.29, 0.717) is 18.0 Å². The second-order valence-electron chi connectivity index (χ2n) is 5.13. The van der Waals surface area contributed by atoms with Crippen LogP contribution in [0.25, 0.3) is 0 Å². The van der Waals surface area contributed by atoms with Crippen molar-refractivity contribution in [2.24, 2.45) is 17.6 Å². The number of benzene rings is 1. The summed E-state index contributed by atoms with van der Waals surface area (Å²) in [5.41, 5.74) is 7.23. The third-order valence-corrected chi connectivity index (χ3v) is 3.62. The summed E-state index contributed by atoms with van der Waals surface area (Å²) in [5, 5.41) is 6.12. The van der Waals surface area contributed by atoms with Gasteiger partial charge in [-0.1, -0.05) is 6.92 Å². The number of aryl methyl sites for hydroxylation is 1. The molecule has 1 saturated heterocycles. The average Bonchev–Trinajstić information content (AvgIpc) is 2.77. The van der Waals surface area contributed by atoms with Gasteiger partial charge in [0.25, 0.3) is 0 Å². The zero-order valence-electron chi connectivity index (χ0n) is 11.2. The van der Waals surface area contributed by atoms with Crippen molar-refractivity contribution < 1.29 is 9.59 Å². The first kappa shape index (κ1) is 13.5. The van der Waals surface area contributed by atoms with E-state index in [1.807, 2.05) is 6.92 Å². The van der Waals surface area contributed by atoms with E-state index in [0.717, 1.165) is 17.8 Å². The highest BCUT2D eigenvalue weighted by Crippen LogP contribution is 2.21. The Morgan fingerprint density at radius 3 is 2.63 bits per heavy atom. The van der Waals surface area contributed by atoms with Crippen molar-refractivity contribution in [3.8, 4) is 0 Å². The molecule has 2 atom stereocenters. The lowest BCUT2D eigenvalue weighted by atomic mass is 9.97. The molecule has 0 aliphatic carbocycles. The predicted molar refractivity (Wildman–Crippen MR) is 73.9 cm³/mol. The summed E-state index contributed by atoms with van der Waals surface area (Å²) in [5.74, 6) is -0.109. The molecule has 0 bridgehead atoms. The number of nitrogens with one attached hydrogen (secondary N) is 2. The van der Waals surface area contributed by atoms with Gasteiger partial charge < -0.3 is 16.4 Å². The van der Waals surface area contributed by atoms with Gasteiger partial charge in [-0.25, -0.2) is 0 Å². The Morgan fingerprint density at radius 2 is 2.11 bits per heavy atom. The smallest absolute Gasteiger partial charge is 0.248 e. The molecule has 19 heavy (non-hydrogen) atoms. The fourth-order valence-corrected chi connectivity index (χ4v) is 2.34. The highest BCUT2D eigenvalue weighted by Gasteiger charge is 2.29. The van der Waals surface area contributed by atoms with Crippen LogP contribution in [0.3, 0.4) is 0 Å². The Kier molecular flexibility index (Phi) is 3.85. The standard InChI is InChI=1S/C14H19N3O2/c1-8-5-10(13(15)18)3-4-12(8)17-14(19)11-7-16-6-9(11)2/h3-5,9,11,16H,6-7H2,1-2H3,(H2,15,18)(H,17,19). The van der Waals surface area contributed by atoms with Gasteiger partial charge in [-0.3, -0.25) is 9.59 Å². The fourth-order valence-electron chi connectivity index (χ4n) is 2.34. The molecule has 1 aliphatic rings. The van der Waals surface area contributed by atoms with Gasteiger partial charge in [0.1, 0.15) is 0 Å². The lowest BCUT2D eigenvalue weighted by Crippen LogP contribution is -2.28. The Hall–Kier alpha value is -1.88. The summed E-state index contributed by atoms with van der Waals surface area (Å²) in [6, 6.07) is 5.04. The third kappa shape index (κ3) is 2.93. The molecule has 102 valence electrons. The lowest BCUT2D eigenvalue weighted by molar-refractivity contribution is -0.120. The Morgan fingerprint density at radius 1 is 1.37 bits per heavy atom. The maximum atomic E-state index is 12.2. The average molecular weight is 261 g/mol. The first-order valence-corrected chi connectivity index (χ1v) is 6.41. The topological polar surface area (TPSA) is 84.2 Å². The van der Waals surface area contributed by atoms with Gasteiger partial charge >= 0.3 is 0 Å². The SMILES string of the molecule is Cc1cc(C(N)=O)ccc1NC(=O)C1CNCC1C. The Balaban J connectivity index is 2.11. The van der Waals surface area contributed by atoms with Crippen molar-refractivity contribution in [2.45, 2.75) is 13.8 Å². The summed E-state index contributed by atoms with van der Waals surface area (Å²) < 4.78 is 0. The molecule has 4 N–H and O–H groups in total. The Labute approximate surface area is 112 Å². The van der Waals surface area contributed by atoms with Gasteiger partial charge in [0, 0.05) is 17.8 Å². The van der Waals surface area contributed by atoms with Gasteiger partial charge in [0.05, 0.1) is 5.92 Å². The maximum Gasteiger partial charge on any atom is 0.248 e. The molecule has 1 heterocycles. The second-order valence-corrected chi connectivity index (χ2v) is 5.13. The molecule has 0 radical (unpaired) electrons. The van der Waals surface area contributed by atoms with E-state index >= 15 is 0 Å². The van der Waals surface area contributed by atoms with Gasteiger partial charge in [0.2, 0.25) is 11.8 Å². The number of rotatable bonds is 3. The number of amides is 2. The zero-order chi connectivity index (χ0) is 14.0. The minimum atomic E-state index is -0.463. The molecule has 1 fully saturated rings. The molecule has 0 spiro atoms. The number of carbonyl (C=O) groups excluding carboxylic acids is 2. The number of carbonyl (C=O) groups is 2. The predicted octanol–water partition coefficient (Wildman–Crippen LogP) is 0.888. The van der Waals surface area contributed by atoms with Crippen molar-refractivity contribution in [2.75, 3.05) is 18.4 Å². The minimum absolute atomic E-state index is 0.00443. The molecule has 2 amide bonds. The van der Waals surface area contributed by atoms with E-state index < -0.39 is 5.91 Å². The number of nitrogens with two attached hydrogens (primary N) is 1. The molecule has 0 aromatic heterocycles. The van der Waals surface area contributed by atoms with Crippen LogP contribution in [0.5, 0.6) is 0 Å². The van der Waals surface area contributed by atoms with Crippen molar-refractivity contribution in [1.82, 2.24) is 5.32 Å². The second kappa shape index (κ2) is 5.40. The summed E-state index contributed by atoms with van der Waals surface area (Å²) in [4.78, 5) is 23.2. The largest absolute Gasteiger partial charge is 0.366 e. The van der Waals surface area contributed by atoms with Crippen LogP contribution in [0.4, 0.5) is 5.69 Å². The van der Waals surface area contributed by atoms with Crippen molar-refractivity contribution in [1.29, 1.82) is 0 Å². The number of hydrogen-bond donors (Lipinski definition) is 3. The molecule has 0 saturated carbocycles. The highest BCUT2D eigenvalue weighted by atomic mass is 16.2. The molecule has 2 rings (SSSR count). The van der Waals surface area contributed by atoms with Gasteiger partial charge in [-0.2, -0.15) is 0 Å².